The molecule has 6 nitrogen and oxygen atoms in total. The first-order valence-electron chi connectivity index (χ1n) is 4.94. The summed E-state index contributed by atoms with van der Waals surface area (Å²) in [6.45, 7) is -0.0786. The molecule has 0 radical (unpaired) electrons. The lowest BCUT2D eigenvalue weighted by Crippen LogP contribution is -2.25. The van der Waals surface area contributed by atoms with Crippen molar-refractivity contribution in [3.05, 3.63) is 23.8 Å². The van der Waals surface area contributed by atoms with E-state index in [1.165, 1.54) is 19.2 Å². The molecule has 1 amide bonds. The van der Waals surface area contributed by atoms with Gasteiger partial charge in [-0.15, -0.1) is 0 Å². The molecule has 1 atom stereocenters. The van der Waals surface area contributed by atoms with Crippen molar-refractivity contribution in [1.29, 1.82) is 0 Å². The number of aliphatic hydroxyl groups excluding tert-OH is 1. The van der Waals surface area contributed by atoms with E-state index >= 15 is 0 Å². The van der Waals surface area contributed by atoms with Crippen molar-refractivity contribution in [3.63, 3.8) is 0 Å². The highest BCUT2D eigenvalue weighted by atomic mass is 16.5. The Morgan fingerprint density at radius 3 is 3.06 bits per heavy atom. The Morgan fingerprint density at radius 1 is 1.59 bits per heavy atom. The smallest absolute Gasteiger partial charge is 0.339 e. The highest BCUT2D eigenvalue weighted by Gasteiger charge is 2.22. The van der Waals surface area contributed by atoms with Crippen molar-refractivity contribution in [2.24, 2.45) is 0 Å². The van der Waals surface area contributed by atoms with Crippen LogP contribution in [0.1, 0.15) is 11.7 Å². The summed E-state index contributed by atoms with van der Waals surface area (Å²) in [4.78, 5) is 22.2. The first-order chi connectivity index (χ1) is 8.11. The molecular formula is C11H11NO5. The van der Waals surface area contributed by atoms with E-state index in [0.717, 1.165) is 0 Å². The summed E-state index contributed by atoms with van der Waals surface area (Å²) < 4.78 is 9.59. The Bertz CT molecular complexity index is 471. The molecule has 1 aromatic carbocycles. The molecular weight excluding hydrogens is 226 g/mol. The van der Waals surface area contributed by atoms with Gasteiger partial charge < -0.3 is 19.9 Å². The average Bonchev–Trinajstić information content (AvgIpc) is 2.36. The van der Waals surface area contributed by atoms with Crippen molar-refractivity contribution < 1.29 is 24.2 Å². The molecule has 0 spiro atoms. The fraction of sp³-hybridized carbons (Fsp3) is 0.273. The maximum atomic E-state index is 11.1. The molecule has 0 saturated carbocycles. The Hall–Kier alpha value is -2.08. The van der Waals surface area contributed by atoms with Crippen molar-refractivity contribution in [2.75, 3.05) is 19.0 Å². The fourth-order valence-electron chi connectivity index (χ4n) is 1.51. The summed E-state index contributed by atoms with van der Waals surface area (Å²) in [6, 6.07) is 4.58. The molecule has 17 heavy (non-hydrogen) atoms. The molecule has 0 aliphatic carbocycles. The van der Waals surface area contributed by atoms with Gasteiger partial charge in [0, 0.05) is 0 Å². The standard InChI is InChI=1S/C11H11NO5/c1-16-11(15)10(14)6-2-3-7-8(4-6)17-5-9(13)12-7/h2-4,10,14H,5H2,1H3,(H,12,13). The monoisotopic (exact) mass is 237 g/mol. The first kappa shape index (κ1) is 11.4. The van der Waals surface area contributed by atoms with E-state index in [4.69, 9.17) is 4.74 Å². The van der Waals surface area contributed by atoms with E-state index in [1.54, 1.807) is 6.07 Å². The summed E-state index contributed by atoms with van der Waals surface area (Å²) in [5.74, 6) is -0.561. The molecule has 0 fully saturated rings. The molecule has 6 heteroatoms. The molecule has 0 bridgehead atoms. The van der Waals surface area contributed by atoms with Crippen LogP contribution in [0.5, 0.6) is 5.75 Å². The van der Waals surface area contributed by atoms with Crippen molar-refractivity contribution in [1.82, 2.24) is 0 Å². The van der Waals surface area contributed by atoms with Gasteiger partial charge in [-0.05, 0) is 17.7 Å². The SMILES string of the molecule is COC(=O)C(O)c1ccc2c(c1)OCC(=O)N2. The highest BCUT2D eigenvalue weighted by molar-refractivity contribution is 5.95. The second kappa shape index (κ2) is 4.42. The number of rotatable bonds is 2. The third kappa shape index (κ3) is 2.21. The Kier molecular flexibility index (Phi) is 2.97. The molecule has 1 heterocycles. The van der Waals surface area contributed by atoms with Crippen LogP contribution in [0, 0.1) is 0 Å². The van der Waals surface area contributed by atoms with Crippen molar-refractivity contribution >= 4 is 17.6 Å². The lowest BCUT2D eigenvalue weighted by atomic mass is 10.1. The fourth-order valence-corrected chi connectivity index (χ4v) is 1.51. The quantitative estimate of drug-likeness (QED) is 0.719. The summed E-state index contributed by atoms with van der Waals surface area (Å²) in [5.41, 5.74) is 0.869. The predicted octanol–water partition coefficient (Wildman–Crippen LogP) is 0.224. The second-order valence-electron chi connectivity index (χ2n) is 3.52. The van der Waals surface area contributed by atoms with Crippen LogP contribution in [0.3, 0.4) is 0 Å². The Labute approximate surface area is 97.1 Å². The summed E-state index contributed by atoms with van der Waals surface area (Å²) >= 11 is 0. The van der Waals surface area contributed by atoms with E-state index in [1.807, 2.05) is 0 Å². The number of carbonyl (C=O) groups excluding carboxylic acids is 2. The Morgan fingerprint density at radius 2 is 2.35 bits per heavy atom. The second-order valence-corrected chi connectivity index (χ2v) is 3.52. The van der Waals surface area contributed by atoms with E-state index in [2.05, 4.69) is 10.1 Å². The highest BCUT2D eigenvalue weighted by Crippen LogP contribution is 2.30. The molecule has 90 valence electrons. The maximum Gasteiger partial charge on any atom is 0.339 e. The Balaban J connectivity index is 2.28. The average molecular weight is 237 g/mol. The van der Waals surface area contributed by atoms with Gasteiger partial charge in [0.1, 0.15) is 5.75 Å². The van der Waals surface area contributed by atoms with Crippen LogP contribution in [0.15, 0.2) is 18.2 Å². The molecule has 0 saturated heterocycles. The number of benzene rings is 1. The number of nitrogens with one attached hydrogen (secondary N) is 1. The number of hydrogen-bond acceptors (Lipinski definition) is 5. The maximum absolute atomic E-state index is 11.1. The van der Waals surface area contributed by atoms with Gasteiger partial charge in [-0.25, -0.2) is 4.79 Å². The number of esters is 1. The molecule has 1 aromatic rings. The van der Waals surface area contributed by atoms with Gasteiger partial charge in [0.05, 0.1) is 12.8 Å². The lowest BCUT2D eigenvalue weighted by Gasteiger charge is -2.19. The van der Waals surface area contributed by atoms with Gasteiger partial charge in [-0.3, -0.25) is 4.79 Å². The lowest BCUT2D eigenvalue weighted by molar-refractivity contribution is -0.150. The zero-order valence-corrected chi connectivity index (χ0v) is 9.10. The number of ether oxygens (including phenoxy) is 2. The number of hydrogen-bond donors (Lipinski definition) is 2. The first-order valence-corrected chi connectivity index (χ1v) is 4.94. The van der Waals surface area contributed by atoms with E-state index in [-0.39, 0.29) is 12.5 Å². The summed E-state index contributed by atoms with van der Waals surface area (Å²) in [5, 5.41) is 12.2. The van der Waals surface area contributed by atoms with E-state index in [9.17, 15) is 14.7 Å². The molecule has 1 aliphatic heterocycles. The predicted molar refractivity (Wildman–Crippen MR) is 57.5 cm³/mol. The summed E-state index contributed by atoms with van der Waals surface area (Å²) in [7, 11) is 1.20. The largest absolute Gasteiger partial charge is 0.482 e. The summed E-state index contributed by atoms with van der Waals surface area (Å²) in [6.07, 6.45) is -1.36. The third-order valence-electron chi connectivity index (χ3n) is 2.38. The van der Waals surface area contributed by atoms with Crippen LogP contribution in [0.4, 0.5) is 5.69 Å². The van der Waals surface area contributed by atoms with Crippen LogP contribution in [0.25, 0.3) is 0 Å². The minimum absolute atomic E-state index is 0.0786. The van der Waals surface area contributed by atoms with Crippen LogP contribution in [-0.2, 0) is 14.3 Å². The van der Waals surface area contributed by atoms with Crippen molar-refractivity contribution in [3.8, 4) is 5.75 Å². The van der Waals surface area contributed by atoms with Gasteiger partial charge in [0.15, 0.2) is 12.7 Å². The molecule has 2 rings (SSSR count). The minimum Gasteiger partial charge on any atom is -0.482 e. The zero-order valence-electron chi connectivity index (χ0n) is 9.10. The van der Waals surface area contributed by atoms with Gasteiger partial charge in [0.25, 0.3) is 5.91 Å². The number of anilines is 1. The topological polar surface area (TPSA) is 84.9 Å². The molecule has 1 unspecified atom stereocenters. The van der Waals surface area contributed by atoms with E-state index in [0.29, 0.717) is 17.0 Å². The van der Waals surface area contributed by atoms with Gasteiger partial charge in [-0.2, -0.15) is 0 Å². The van der Waals surface area contributed by atoms with Gasteiger partial charge >= 0.3 is 5.97 Å². The van der Waals surface area contributed by atoms with Crippen LogP contribution in [-0.4, -0.2) is 30.7 Å². The number of methoxy groups -OCH3 is 1. The molecule has 0 aromatic heterocycles. The zero-order chi connectivity index (χ0) is 12.4. The van der Waals surface area contributed by atoms with Crippen LogP contribution < -0.4 is 10.1 Å². The van der Waals surface area contributed by atoms with Gasteiger partial charge in [-0.1, -0.05) is 6.07 Å². The number of aliphatic hydroxyl groups is 1. The van der Waals surface area contributed by atoms with Crippen LogP contribution >= 0.6 is 0 Å². The number of carbonyl (C=O) groups is 2. The van der Waals surface area contributed by atoms with Crippen molar-refractivity contribution in [2.45, 2.75) is 6.10 Å². The number of amides is 1. The normalized spacial score (nSPS) is 15.3. The molecule has 1 aliphatic rings. The van der Waals surface area contributed by atoms with Crippen LogP contribution in [0.2, 0.25) is 0 Å². The van der Waals surface area contributed by atoms with E-state index < -0.39 is 12.1 Å². The minimum atomic E-state index is -1.36. The third-order valence-corrected chi connectivity index (χ3v) is 2.38. The molecule has 2 N–H and O–H groups in total. The van der Waals surface area contributed by atoms with Gasteiger partial charge in [0.2, 0.25) is 0 Å². The number of fused-ring (bicyclic) bond motifs is 1.